The minimum Gasteiger partial charge on any atom is -0.382 e. The van der Waals surface area contributed by atoms with E-state index in [0.717, 1.165) is 43.8 Å². The summed E-state index contributed by atoms with van der Waals surface area (Å²) in [5.74, 6) is 1.45. The van der Waals surface area contributed by atoms with Crippen LogP contribution >= 0.6 is 0 Å². The molecule has 1 saturated heterocycles. The van der Waals surface area contributed by atoms with Crippen LogP contribution in [0.5, 0.6) is 0 Å². The Bertz CT molecular complexity index is 655. The Morgan fingerprint density at radius 1 is 1.39 bits per heavy atom. The van der Waals surface area contributed by atoms with Gasteiger partial charge in [0.15, 0.2) is 5.65 Å². The number of fused-ring (bicyclic) bond motifs is 1. The number of rotatable bonds is 6. The van der Waals surface area contributed by atoms with Crippen LogP contribution in [0.2, 0.25) is 0 Å². The number of pyridine rings is 1. The summed E-state index contributed by atoms with van der Waals surface area (Å²) in [5.41, 5.74) is 0.864. The van der Waals surface area contributed by atoms with Crippen LogP contribution in [0.4, 0.5) is 0 Å². The Labute approximate surface area is 136 Å². The lowest BCUT2D eigenvalue weighted by atomic mass is 9.97. The van der Waals surface area contributed by atoms with Gasteiger partial charge >= 0.3 is 0 Å². The van der Waals surface area contributed by atoms with Crippen molar-refractivity contribution in [1.82, 2.24) is 19.5 Å². The van der Waals surface area contributed by atoms with Crippen molar-refractivity contribution in [3.63, 3.8) is 0 Å². The number of carbonyl (C=O) groups excluding carboxylic acids is 1. The smallest absolute Gasteiger partial charge is 0.222 e. The first-order valence-electron chi connectivity index (χ1n) is 8.44. The highest BCUT2D eigenvalue weighted by atomic mass is 16.5. The quantitative estimate of drug-likeness (QED) is 0.767. The molecule has 124 valence electrons. The van der Waals surface area contributed by atoms with Crippen molar-refractivity contribution in [2.45, 2.75) is 38.5 Å². The molecule has 23 heavy (non-hydrogen) atoms. The van der Waals surface area contributed by atoms with Gasteiger partial charge in [-0.3, -0.25) is 9.20 Å². The van der Waals surface area contributed by atoms with Crippen LogP contribution in [0.25, 0.3) is 5.65 Å². The van der Waals surface area contributed by atoms with Crippen LogP contribution in [0.1, 0.15) is 44.3 Å². The molecule has 0 bridgehead atoms. The molecule has 0 aliphatic carbocycles. The molecule has 1 fully saturated rings. The average Bonchev–Trinajstić information content (AvgIpc) is 3.03. The van der Waals surface area contributed by atoms with E-state index in [0.29, 0.717) is 19.6 Å². The lowest BCUT2D eigenvalue weighted by Crippen LogP contribution is -2.39. The van der Waals surface area contributed by atoms with Crippen molar-refractivity contribution in [2.75, 3.05) is 26.3 Å². The molecule has 0 spiro atoms. The van der Waals surface area contributed by atoms with Crippen molar-refractivity contribution in [3.8, 4) is 0 Å². The molecule has 1 unspecified atom stereocenters. The SMILES string of the molecule is CCOCCCC(=O)N1CCCC(c2nnc3ccccn23)C1. The second kappa shape index (κ2) is 7.55. The summed E-state index contributed by atoms with van der Waals surface area (Å²) in [5, 5.41) is 8.58. The minimum absolute atomic E-state index is 0.225. The number of amides is 1. The molecule has 0 N–H and O–H groups in total. The summed E-state index contributed by atoms with van der Waals surface area (Å²) in [6, 6.07) is 5.90. The van der Waals surface area contributed by atoms with E-state index >= 15 is 0 Å². The van der Waals surface area contributed by atoms with E-state index < -0.39 is 0 Å². The van der Waals surface area contributed by atoms with Crippen LogP contribution in [0.3, 0.4) is 0 Å². The van der Waals surface area contributed by atoms with E-state index in [1.807, 2.05) is 40.6 Å². The van der Waals surface area contributed by atoms with Crippen molar-refractivity contribution >= 4 is 11.6 Å². The molecule has 3 rings (SSSR count). The van der Waals surface area contributed by atoms with Crippen LogP contribution in [-0.2, 0) is 9.53 Å². The van der Waals surface area contributed by atoms with Crippen molar-refractivity contribution in [1.29, 1.82) is 0 Å². The first-order valence-corrected chi connectivity index (χ1v) is 8.44. The summed E-state index contributed by atoms with van der Waals surface area (Å²) in [6.45, 7) is 4.93. The molecule has 1 amide bonds. The second-order valence-electron chi connectivity index (χ2n) is 5.97. The number of carbonyl (C=O) groups is 1. The molecule has 1 atom stereocenters. The second-order valence-corrected chi connectivity index (χ2v) is 5.97. The minimum atomic E-state index is 0.225. The number of nitrogens with zero attached hydrogens (tertiary/aromatic N) is 4. The number of likely N-dealkylation sites (tertiary alicyclic amines) is 1. The van der Waals surface area contributed by atoms with Gasteiger partial charge in [0.1, 0.15) is 5.82 Å². The molecule has 1 aliphatic rings. The number of piperidine rings is 1. The van der Waals surface area contributed by atoms with E-state index in [2.05, 4.69) is 10.2 Å². The maximum absolute atomic E-state index is 12.4. The predicted octanol–water partition coefficient (Wildman–Crippen LogP) is 2.25. The highest BCUT2D eigenvalue weighted by Crippen LogP contribution is 2.26. The van der Waals surface area contributed by atoms with Crippen molar-refractivity contribution in [2.24, 2.45) is 0 Å². The fourth-order valence-corrected chi connectivity index (χ4v) is 3.18. The van der Waals surface area contributed by atoms with Gasteiger partial charge in [0.05, 0.1) is 0 Å². The Kier molecular flexibility index (Phi) is 5.23. The monoisotopic (exact) mass is 316 g/mol. The van der Waals surface area contributed by atoms with E-state index in [1.165, 1.54) is 0 Å². The molecule has 1 aliphatic heterocycles. The number of aromatic nitrogens is 3. The fourth-order valence-electron chi connectivity index (χ4n) is 3.18. The molecule has 0 radical (unpaired) electrons. The van der Waals surface area contributed by atoms with Crippen LogP contribution < -0.4 is 0 Å². The lowest BCUT2D eigenvalue weighted by molar-refractivity contribution is -0.132. The summed E-state index contributed by atoms with van der Waals surface area (Å²) < 4.78 is 7.34. The Balaban J connectivity index is 1.63. The van der Waals surface area contributed by atoms with Crippen molar-refractivity contribution < 1.29 is 9.53 Å². The first kappa shape index (κ1) is 15.9. The normalized spacial score (nSPS) is 18.5. The van der Waals surface area contributed by atoms with Gasteiger partial charge in [-0.15, -0.1) is 10.2 Å². The van der Waals surface area contributed by atoms with Crippen LogP contribution in [0, 0.1) is 0 Å². The molecule has 6 heteroatoms. The molecule has 6 nitrogen and oxygen atoms in total. The maximum Gasteiger partial charge on any atom is 0.222 e. The van der Waals surface area contributed by atoms with E-state index in [4.69, 9.17) is 4.74 Å². The van der Waals surface area contributed by atoms with E-state index in [-0.39, 0.29) is 11.8 Å². The van der Waals surface area contributed by atoms with Crippen LogP contribution in [0.15, 0.2) is 24.4 Å². The van der Waals surface area contributed by atoms with E-state index in [1.54, 1.807) is 0 Å². The fraction of sp³-hybridized carbons (Fsp3) is 0.588. The average molecular weight is 316 g/mol. The molecular formula is C17H24N4O2. The molecular weight excluding hydrogens is 292 g/mol. The largest absolute Gasteiger partial charge is 0.382 e. The van der Waals surface area contributed by atoms with Gasteiger partial charge in [-0.2, -0.15) is 0 Å². The highest BCUT2D eigenvalue weighted by molar-refractivity contribution is 5.76. The van der Waals surface area contributed by atoms with Gasteiger partial charge in [-0.05, 0) is 38.3 Å². The molecule has 0 saturated carbocycles. The Morgan fingerprint density at radius 3 is 3.17 bits per heavy atom. The van der Waals surface area contributed by atoms with Gasteiger partial charge in [0, 0.05) is 44.8 Å². The van der Waals surface area contributed by atoms with Crippen molar-refractivity contribution in [3.05, 3.63) is 30.2 Å². The molecule has 2 aromatic heterocycles. The van der Waals surface area contributed by atoms with E-state index in [9.17, 15) is 4.79 Å². The van der Waals surface area contributed by atoms with Gasteiger partial charge in [0.2, 0.25) is 5.91 Å². The number of hydrogen-bond donors (Lipinski definition) is 0. The summed E-state index contributed by atoms with van der Waals surface area (Å²) in [7, 11) is 0. The molecule has 0 aromatic carbocycles. The Morgan fingerprint density at radius 2 is 2.30 bits per heavy atom. The zero-order valence-corrected chi connectivity index (χ0v) is 13.6. The lowest BCUT2D eigenvalue weighted by Gasteiger charge is -2.32. The zero-order valence-electron chi connectivity index (χ0n) is 13.6. The molecule has 2 aromatic rings. The van der Waals surface area contributed by atoms with Gasteiger partial charge < -0.3 is 9.64 Å². The first-order chi connectivity index (χ1) is 11.3. The van der Waals surface area contributed by atoms with Gasteiger partial charge in [-0.1, -0.05) is 6.07 Å². The maximum atomic E-state index is 12.4. The van der Waals surface area contributed by atoms with Crippen LogP contribution in [-0.4, -0.2) is 51.7 Å². The highest BCUT2D eigenvalue weighted by Gasteiger charge is 2.27. The third-order valence-electron chi connectivity index (χ3n) is 4.36. The van der Waals surface area contributed by atoms with Gasteiger partial charge in [0.25, 0.3) is 0 Å². The predicted molar refractivity (Wildman–Crippen MR) is 87.3 cm³/mol. The molecule has 3 heterocycles. The summed E-state index contributed by atoms with van der Waals surface area (Å²) in [6.07, 6.45) is 5.42. The number of ether oxygens (including phenoxy) is 1. The van der Waals surface area contributed by atoms with Gasteiger partial charge in [-0.25, -0.2) is 0 Å². The third-order valence-corrected chi connectivity index (χ3v) is 4.36. The third kappa shape index (κ3) is 3.69. The summed E-state index contributed by atoms with van der Waals surface area (Å²) >= 11 is 0. The topological polar surface area (TPSA) is 59.7 Å². The zero-order chi connectivity index (χ0) is 16.1. The Hall–Kier alpha value is -1.95. The standard InChI is InChI=1S/C17H24N4O2/c1-2-23-12-6-9-16(22)20-10-5-7-14(13-20)17-19-18-15-8-3-4-11-21(15)17/h3-4,8,11,14H,2,5-7,9-10,12-13H2,1H3. The number of hydrogen-bond acceptors (Lipinski definition) is 4. The summed E-state index contributed by atoms with van der Waals surface area (Å²) in [4.78, 5) is 14.3.